The van der Waals surface area contributed by atoms with Crippen molar-refractivity contribution in [2.24, 2.45) is 0 Å². The number of halogens is 1. The highest BCUT2D eigenvalue weighted by Crippen LogP contribution is 2.35. The third kappa shape index (κ3) is 3.42. The predicted molar refractivity (Wildman–Crippen MR) is 79.6 cm³/mol. The molecule has 0 unspecified atom stereocenters. The molecule has 0 radical (unpaired) electrons. The van der Waals surface area contributed by atoms with Crippen molar-refractivity contribution in [2.75, 3.05) is 25.3 Å². The van der Waals surface area contributed by atoms with E-state index in [0.717, 1.165) is 12.1 Å². The largest absolute Gasteiger partial charge is 0.492 e. The molecule has 0 aliphatic carbocycles. The minimum atomic E-state index is -0.654. The highest BCUT2D eigenvalue weighted by molar-refractivity contribution is 5.61. The van der Waals surface area contributed by atoms with Gasteiger partial charge in [0.15, 0.2) is 11.5 Å². The van der Waals surface area contributed by atoms with Crippen LogP contribution in [0.3, 0.4) is 0 Å². The molecule has 0 aromatic heterocycles. The predicted octanol–water partition coefficient (Wildman–Crippen LogP) is 2.95. The molecular formula is C15H13FN2O5. The summed E-state index contributed by atoms with van der Waals surface area (Å²) in [5.41, 5.74) is -0.0706. The molecule has 8 heteroatoms. The number of hydrogen-bond acceptors (Lipinski definition) is 6. The molecular weight excluding hydrogens is 307 g/mol. The van der Waals surface area contributed by atoms with Crippen LogP contribution in [-0.2, 0) is 0 Å². The Kier molecular flexibility index (Phi) is 4.13. The van der Waals surface area contributed by atoms with Gasteiger partial charge in [-0.2, -0.15) is 0 Å². The smallest absolute Gasteiger partial charge is 0.295 e. The summed E-state index contributed by atoms with van der Waals surface area (Å²) in [5, 5.41) is 13.7. The zero-order valence-electron chi connectivity index (χ0n) is 12.0. The third-order valence-corrected chi connectivity index (χ3v) is 3.19. The van der Waals surface area contributed by atoms with Crippen LogP contribution in [-0.4, -0.2) is 24.9 Å². The Balaban J connectivity index is 1.55. The van der Waals surface area contributed by atoms with Gasteiger partial charge in [-0.05, 0) is 24.3 Å². The lowest BCUT2D eigenvalue weighted by Crippen LogP contribution is -2.12. The fourth-order valence-electron chi connectivity index (χ4n) is 2.13. The maximum atomic E-state index is 13.0. The highest BCUT2D eigenvalue weighted by Gasteiger charge is 2.15. The molecule has 0 atom stereocenters. The van der Waals surface area contributed by atoms with Crippen LogP contribution in [0.5, 0.6) is 17.2 Å². The molecule has 120 valence electrons. The quantitative estimate of drug-likeness (QED) is 0.500. The maximum absolute atomic E-state index is 13.0. The van der Waals surface area contributed by atoms with Gasteiger partial charge in [-0.1, -0.05) is 0 Å². The van der Waals surface area contributed by atoms with E-state index < -0.39 is 10.7 Å². The molecule has 2 aromatic rings. The van der Waals surface area contributed by atoms with Crippen molar-refractivity contribution in [3.63, 3.8) is 0 Å². The normalized spacial score (nSPS) is 12.0. The van der Waals surface area contributed by atoms with E-state index in [1.807, 2.05) is 0 Å². The van der Waals surface area contributed by atoms with Gasteiger partial charge in [-0.15, -0.1) is 0 Å². The van der Waals surface area contributed by atoms with E-state index in [0.29, 0.717) is 23.8 Å². The molecule has 2 aromatic carbocycles. The van der Waals surface area contributed by atoms with Crippen molar-refractivity contribution < 1.29 is 23.5 Å². The van der Waals surface area contributed by atoms with Gasteiger partial charge in [-0.25, -0.2) is 4.39 Å². The van der Waals surface area contributed by atoms with Crippen LogP contribution >= 0.6 is 0 Å². The molecule has 0 spiro atoms. The van der Waals surface area contributed by atoms with Crippen LogP contribution in [0.1, 0.15) is 0 Å². The van der Waals surface area contributed by atoms with Gasteiger partial charge in [0.05, 0.1) is 11.0 Å². The fraction of sp³-hybridized carbons (Fsp3) is 0.200. The zero-order chi connectivity index (χ0) is 16.2. The Morgan fingerprint density at radius 2 is 2.04 bits per heavy atom. The minimum Gasteiger partial charge on any atom is -0.492 e. The van der Waals surface area contributed by atoms with Gasteiger partial charge >= 0.3 is 0 Å². The molecule has 0 bridgehead atoms. The van der Waals surface area contributed by atoms with Gasteiger partial charge < -0.3 is 19.5 Å². The zero-order valence-corrected chi connectivity index (χ0v) is 12.0. The van der Waals surface area contributed by atoms with Crippen molar-refractivity contribution in [2.45, 2.75) is 0 Å². The third-order valence-electron chi connectivity index (χ3n) is 3.19. The lowest BCUT2D eigenvalue weighted by molar-refractivity contribution is -0.384. The first-order valence-electron chi connectivity index (χ1n) is 6.84. The summed E-state index contributed by atoms with van der Waals surface area (Å²) in [6.45, 7) is 0.781. The van der Waals surface area contributed by atoms with Crippen LogP contribution in [0, 0.1) is 15.9 Å². The van der Waals surface area contributed by atoms with Crippen LogP contribution in [0.2, 0.25) is 0 Å². The average molecular weight is 320 g/mol. The van der Waals surface area contributed by atoms with Crippen molar-refractivity contribution in [3.05, 3.63) is 52.3 Å². The van der Waals surface area contributed by atoms with Crippen LogP contribution in [0.15, 0.2) is 36.4 Å². The lowest BCUT2D eigenvalue weighted by Gasteiger charge is -2.09. The Labute approximate surface area is 130 Å². The number of fused-ring (bicyclic) bond motifs is 1. The van der Waals surface area contributed by atoms with E-state index in [1.54, 1.807) is 18.2 Å². The number of hydrogen-bond donors (Lipinski definition) is 1. The Morgan fingerprint density at radius 3 is 2.87 bits per heavy atom. The molecule has 3 rings (SSSR count). The second kappa shape index (κ2) is 6.39. The van der Waals surface area contributed by atoms with Gasteiger partial charge in [0.25, 0.3) is 5.69 Å². The summed E-state index contributed by atoms with van der Waals surface area (Å²) in [7, 11) is 0. The number of anilines is 1. The molecule has 1 aliphatic rings. The molecule has 7 nitrogen and oxygen atoms in total. The first kappa shape index (κ1) is 14.9. The summed E-state index contributed by atoms with van der Waals surface area (Å²) in [4.78, 5) is 10.2. The number of nitrogens with zero attached hydrogens (tertiary/aromatic N) is 1. The summed E-state index contributed by atoms with van der Waals surface area (Å²) >= 11 is 0. The van der Waals surface area contributed by atoms with Crippen LogP contribution in [0.25, 0.3) is 0 Å². The van der Waals surface area contributed by atoms with Gasteiger partial charge in [0.1, 0.15) is 23.9 Å². The van der Waals surface area contributed by atoms with E-state index in [4.69, 9.17) is 14.2 Å². The van der Waals surface area contributed by atoms with Gasteiger partial charge in [0.2, 0.25) is 6.79 Å². The Hall–Kier alpha value is -3.03. The SMILES string of the molecule is O=[N+]([O-])c1cc(F)ccc1NCCOc1ccc2c(c1)OCO2. The summed E-state index contributed by atoms with van der Waals surface area (Å²) in [5.74, 6) is 1.23. The minimum absolute atomic E-state index is 0.189. The number of nitro benzene ring substituents is 1. The van der Waals surface area contributed by atoms with Crippen molar-refractivity contribution in [1.82, 2.24) is 0 Å². The molecule has 1 aliphatic heterocycles. The summed E-state index contributed by atoms with van der Waals surface area (Å²) < 4.78 is 29.0. The molecule has 1 N–H and O–H groups in total. The Morgan fingerprint density at radius 1 is 1.22 bits per heavy atom. The van der Waals surface area contributed by atoms with Crippen LogP contribution in [0.4, 0.5) is 15.8 Å². The monoisotopic (exact) mass is 320 g/mol. The second-order valence-corrected chi connectivity index (χ2v) is 4.71. The molecule has 0 fully saturated rings. The number of ether oxygens (including phenoxy) is 3. The molecule has 0 saturated heterocycles. The van der Waals surface area contributed by atoms with E-state index in [9.17, 15) is 14.5 Å². The van der Waals surface area contributed by atoms with Crippen molar-refractivity contribution in [1.29, 1.82) is 0 Å². The average Bonchev–Trinajstić information content (AvgIpc) is 3.00. The summed E-state index contributed by atoms with van der Waals surface area (Å²) in [6.07, 6.45) is 0. The molecule has 0 amide bonds. The van der Waals surface area contributed by atoms with Gasteiger partial charge in [-0.3, -0.25) is 10.1 Å². The van der Waals surface area contributed by atoms with Crippen molar-refractivity contribution >= 4 is 11.4 Å². The van der Waals surface area contributed by atoms with Crippen LogP contribution < -0.4 is 19.5 Å². The topological polar surface area (TPSA) is 82.9 Å². The number of rotatable bonds is 6. The fourth-order valence-corrected chi connectivity index (χ4v) is 2.13. The van der Waals surface area contributed by atoms with E-state index in [1.165, 1.54) is 6.07 Å². The molecule has 0 saturated carbocycles. The van der Waals surface area contributed by atoms with Gasteiger partial charge in [0, 0.05) is 12.6 Å². The lowest BCUT2D eigenvalue weighted by atomic mass is 10.2. The maximum Gasteiger partial charge on any atom is 0.295 e. The Bertz CT molecular complexity index is 738. The molecule has 23 heavy (non-hydrogen) atoms. The highest BCUT2D eigenvalue weighted by atomic mass is 19.1. The summed E-state index contributed by atoms with van der Waals surface area (Å²) in [6, 6.07) is 8.57. The van der Waals surface area contributed by atoms with E-state index >= 15 is 0 Å². The standard InChI is InChI=1S/C15H13FN2O5/c16-10-1-3-12(13(7-10)18(19)20)17-5-6-21-11-2-4-14-15(8-11)23-9-22-14/h1-4,7-8,17H,5-6,9H2. The number of nitro groups is 1. The van der Waals surface area contributed by atoms with E-state index in [-0.39, 0.29) is 24.8 Å². The molecule has 1 heterocycles. The number of nitrogens with one attached hydrogen (secondary N) is 1. The first-order chi connectivity index (χ1) is 11.1. The van der Waals surface area contributed by atoms with E-state index in [2.05, 4.69) is 5.32 Å². The number of benzene rings is 2. The second-order valence-electron chi connectivity index (χ2n) is 4.71. The van der Waals surface area contributed by atoms with Crippen molar-refractivity contribution in [3.8, 4) is 17.2 Å². The first-order valence-corrected chi connectivity index (χ1v) is 6.84.